The fourth-order valence-corrected chi connectivity index (χ4v) is 4.16. The first-order chi connectivity index (χ1) is 9.65. The van der Waals surface area contributed by atoms with Crippen LogP contribution in [-0.2, 0) is 0 Å². The van der Waals surface area contributed by atoms with E-state index >= 15 is 0 Å². The van der Waals surface area contributed by atoms with Gasteiger partial charge < -0.3 is 9.73 Å². The molecule has 2 aromatic rings. The third-order valence-corrected chi connectivity index (χ3v) is 5.27. The molecule has 2 unspecified atom stereocenters. The van der Waals surface area contributed by atoms with Crippen LogP contribution in [-0.4, -0.2) is 12.3 Å². The Labute approximate surface area is 125 Å². The molecule has 0 amide bonds. The summed E-state index contributed by atoms with van der Waals surface area (Å²) >= 11 is 1.97. The van der Waals surface area contributed by atoms with Crippen molar-refractivity contribution in [1.82, 2.24) is 5.32 Å². The molecule has 1 N–H and O–H groups in total. The van der Waals surface area contributed by atoms with Gasteiger partial charge in [0, 0.05) is 34.7 Å². The number of rotatable bonds is 4. The molecule has 0 saturated heterocycles. The van der Waals surface area contributed by atoms with Gasteiger partial charge in [0.2, 0.25) is 0 Å². The van der Waals surface area contributed by atoms with Gasteiger partial charge in [-0.1, -0.05) is 18.2 Å². The van der Waals surface area contributed by atoms with Gasteiger partial charge in [0.15, 0.2) is 0 Å². The van der Waals surface area contributed by atoms with Crippen molar-refractivity contribution in [3.05, 3.63) is 53.0 Å². The van der Waals surface area contributed by atoms with Crippen LogP contribution in [0.25, 0.3) is 0 Å². The summed E-state index contributed by atoms with van der Waals surface area (Å²) in [4.78, 5) is 1.45. The maximum absolute atomic E-state index is 5.62. The van der Waals surface area contributed by atoms with Crippen LogP contribution in [0, 0.1) is 13.8 Å². The Hall–Kier alpha value is -1.19. The average Bonchev–Trinajstić information content (AvgIpc) is 2.99. The maximum Gasteiger partial charge on any atom is 0.105 e. The molecule has 0 radical (unpaired) electrons. The van der Waals surface area contributed by atoms with Crippen LogP contribution in [0.4, 0.5) is 0 Å². The van der Waals surface area contributed by atoms with Crippen molar-refractivity contribution in [2.75, 3.05) is 12.3 Å². The molecule has 0 spiro atoms. The lowest BCUT2D eigenvalue weighted by atomic mass is 10.0. The van der Waals surface area contributed by atoms with Gasteiger partial charge >= 0.3 is 0 Å². The summed E-state index contributed by atoms with van der Waals surface area (Å²) in [6, 6.07) is 11.2. The number of furan rings is 1. The van der Waals surface area contributed by atoms with E-state index < -0.39 is 0 Å². The van der Waals surface area contributed by atoms with E-state index in [1.165, 1.54) is 21.8 Å². The Morgan fingerprint density at radius 3 is 2.90 bits per heavy atom. The second-order valence-corrected chi connectivity index (χ2v) is 6.61. The zero-order valence-corrected chi connectivity index (χ0v) is 13.1. The molecule has 2 nitrogen and oxygen atoms in total. The average molecular weight is 287 g/mol. The van der Waals surface area contributed by atoms with Crippen LogP contribution < -0.4 is 5.32 Å². The molecule has 0 aliphatic carbocycles. The Balaban J connectivity index is 1.65. The predicted molar refractivity (Wildman–Crippen MR) is 84.5 cm³/mol. The molecular formula is C17H21NOS. The van der Waals surface area contributed by atoms with E-state index in [2.05, 4.69) is 42.6 Å². The Morgan fingerprint density at radius 1 is 1.35 bits per heavy atom. The zero-order valence-electron chi connectivity index (χ0n) is 12.3. The van der Waals surface area contributed by atoms with Crippen LogP contribution in [0.3, 0.4) is 0 Å². The van der Waals surface area contributed by atoms with Gasteiger partial charge in [0.05, 0.1) is 0 Å². The van der Waals surface area contributed by atoms with Crippen molar-refractivity contribution in [2.24, 2.45) is 0 Å². The van der Waals surface area contributed by atoms with E-state index in [9.17, 15) is 0 Å². The standard InChI is InChI=1S/C17H21NOS/c1-11-8-16(13(3)19-11)12(2)18-9-14-10-20-17-7-5-4-6-15(14)17/h4-8,12,14,18H,9-10H2,1-3H3. The Bertz CT molecular complexity index is 605. The lowest BCUT2D eigenvalue weighted by Crippen LogP contribution is -2.25. The normalized spacial score (nSPS) is 19.1. The highest BCUT2D eigenvalue weighted by Gasteiger charge is 2.23. The minimum atomic E-state index is 0.338. The van der Waals surface area contributed by atoms with Gasteiger partial charge in [-0.05, 0) is 38.5 Å². The monoisotopic (exact) mass is 287 g/mol. The van der Waals surface area contributed by atoms with Crippen molar-refractivity contribution >= 4 is 11.8 Å². The summed E-state index contributed by atoms with van der Waals surface area (Å²) < 4.78 is 5.62. The van der Waals surface area contributed by atoms with Crippen molar-refractivity contribution in [2.45, 2.75) is 37.6 Å². The minimum absolute atomic E-state index is 0.338. The summed E-state index contributed by atoms with van der Waals surface area (Å²) in [5.74, 6) is 3.83. The molecule has 1 aromatic carbocycles. The predicted octanol–water partition coefficient (Wildman–Crippen LogP) is 4.44. The molecule has 2 heterocycles. The smallest absolute Gasteiger partial charge is 0.105 e. The molecule has 3 heteroatoms. The van der Waals surface area contributed by atoms with Crippen molar-refractivity contribution < 1.29 is 4.42 Å². The molecular weight excluding hydrogens is 266 g/mol. The van der Waals surface area contributed by atoms with Gasteiger partial charge in [-0.3, -0.25) is 0 Å². The number of hydrogen-bond acceptors (Lipinski definition) is 3. The summed E-state index contributed by atoms with van der Waals surface area (Å²) in [5, 5.41) is 3.66. The quantitative estimate of drug-likeness (QED) is 0.900. The Morgan fingerprint density at radius 2 is 2.15 bits per heavy atom. The molecule has 0 saturated carbocycles. The highest BCUT2D eigenvalue weighted by Crippen LogP contribution is 2.39. The molecule has 1 aromatic heterocycles. The third kappa shape index (κ3) is 2.65. The van der Waals surface area contributed by atoms with Crippen LogP contribution in [0.5, 0.6) is 0 Å². The number of aryl methyl sites for hydroxylation is 2. The second-order valence-electron chi connectivity index (χ2n) is 5.54. The SMILES string of the molecule is Cc1cc(C(C)NCC2CSc3ccccc32)c(C)o1. The van der Waals surface area contributed by atoms with Crippen molar-refractivity contribution in [1.29, 1.82) is 0 Å². The minimum Gasteiger partial charge on any atom is -0.466 e. The number of nitrogens with one attached hydrogen (secondary N) is 1. The molecule has 2 atom stereocenters. The first kappa shape index (κ1) is 13.8. The van der Waals surface area contributed by atoms with E-state index in [0.717, 1.165) is 18.1 Å². The Kier molecular flexibility index (Phi) is 3.90. The third-order valence-electron chi connectivity index (χ3n) is 4.02. The lowest BCUT2D eigenvalue weighted by molar-refractivity contribution is 0.486. The summed E-state index contributed by atoms with van der Waals surface area (Å²) in [5.41, 5.74) is 2.78. The second kappa shape index (κ2) is 5.66. The van der Waals surface area contributed by atoms with Crippen LogP contribution in [0.15, 0.2) is 39.6 Å². The lowest BCUT2D eigenvalue weighted by Gasteiger charge is -2.17. The first-order valence-corrected chi connectivity index (χ1v) is 8.15. The zero-order chi connectivity index (χ0) is 14.1. The summed E-state index contributed by atoms with van der Waals surface area (Å²) in [7, 11) is 0. The summed E-state index contributed by atoms with van der Waals surface area (Å²) in [6.45, 7) is 7.29. The molecule has 20 heavy (non-hydrogen) atoms. The van der Waals surface area contributed by atoms with Gasteiger partial charge in [-0.15, -0.1) is 11.8 Å². The van der Waals surface area contributed by atoms with Crippen LogP contribution in [0.1, 0.15) is 41.5 Å². The molecule has 106 valence electrons. The molecule has 0 bridgehead atoms. The highest BCUT2D eigenvalue weighted by atomic mass is 32.2. The largest absolute Gasteiger partial charge is 0.466 e. The summed E-state index contributed by atoms with van der Waals surface area (Å²) in [6.07, 6.45) is 0. The van der Waals surface area contributed by atoms with Crippen LogP contribution >= 0.6 is 11.8 Å². The highest BCUT2D eigenvalue weighted by molar-refractivity contribution is 7.99. The van der Waals surface area contributed by atoms with Crippen LogP contribution in [0.2, 0.25) is 0 Å². The van der Waals surface area contributed by atoms with E-state index in [1.54, 1.807) is 0 Å². The van der Waals surface area contributed by atoms with Gasteiger partial charge in [0.1, 0.15) is 11.5 Å². The fourth-order valence-electron chi connectivity index (χ4n) is 2.91. The van der Waals surface area contributed by atoms with E-state index in [0.29, 0.717) is 12.0 Å². The van der Waals surface area contributed by atoms with E-state index in [1.807, 2.05) is 25.6 Å². The van der Waals surface area contributed by atoms with E-state index in [4.69, 9.17) is 4.42 Å². The van der Waals surface area contributed by atoms with Gasteiger partial charge in [-0.25, -0.2) is 0 Å². The fraction of sp³-hybridized carbons (Fsp3) is 0.412. The first-order valence-electron chi connectivity index (χ1n) is 7.17. The number of hydrogen-bond donors (Lipinski definition) is 1. The molecule has 0 fully saturated rings. The van der Waals surface area contributed by atoms with Crippen molar-refractivity contribution in [3.63, 3.8) is 0 Å². The topological polar surface area (TPSA) is 25.2 Å². The van der Waals surface area contributed by atoms with E-state index in [-0.39, 0.29) is 0 Å². The number of fused-ring (bicyclic) bond motifs is 1. The van der Waals surface area contributed by atoms with Gasteiger partial charge in [0.25, 0.3) is 0 Å². The number of thioether (sulfide) groups is 1. The molecule has 1 aliphatic heterocycles. The molecule has 1 aliphatic rings. The van der Waals surface area contributed by atoms with Gasteiger partial charge in [-0.2, -0.15) is 0 Å². The molecule has 3 rings (SSSR count). The maximum atomic E-state index is 5.62. The van der Waals surface area contributed by atoms with Crippen molar-refractivity contribution in [3.8, 4) is 0 Å². The number of benzene rings is 1.